The maximum atomic E-state index is 13.3. The highest BCUT2D eigenvalue weighted by Gasteiger charge is 2.25. The Kier molecular flexibility index (Phi) is 8.14. The van der Waals surface area contributed by atoms with E-state index in [1.807, 2.05) is 42.5 Å². The monoisotopic (exact) mass is 522 g/mol. The van der Waals surface area contributed by atoms with Crippen LogP contribution >= 0.6 is 22.9 Å². The zero-order chi connectivity index (χ0) is 25.5. The number of hydrogen-bond acceptors (Lipinski definition) is 7. The molecular formula is C26H23ClN4O4S. The summed E-state index contributed by atoms with van der Waals surface area (Å²) >= 11 is 7.18. The van der Waals surface area contributed by atoms with Crippen molar-refractivity contribution >= 4 is 39.9 Å². The zero-order valence-corrected chi connectivity index (χ0v) is 21.1. The van der Waals surface area contributed by atoms with Gasteiger partial charge in [0.15, 0.2) is 0 Å². The average Bonchev–Trinajstić information content (AvgIpc) is 3.37. The molecule has 0 saturated heterocycles. The van der Waals surface area contributed by atoms with Crippen LogP contribution in [0.1, 0.15) is 15.9 Å². The van der Waals surface area contributed by atoms with Gasteiger partial charge in [-0.1, -0.05) is 65.4 Å². The number of carbonyl (C=O) groups excluding carboxylic acids is 2. The van der Waals surface area contributed by atoms with Crippen LogP contribution in [-0.2, 0) is 11.2 Å². The first-order chi connectivity index (χ1) is 17.5. The van der Waals surface area contributed by atoms with Gasteiger partial charge in [0.2, 0.25) is 11.0 Å². The normalized spacial score (nSPS) is 11.4. The van der Waals surface area contributed by atoms with Crippen molar-refractivity contribution in [2.75, 3.05) is 19.5 Å². The van der Waals surface area contributed by atoms with E-state index in [1.165, 1.54) is 25.6 Å². The van der Waals surface area contributed by atoms with Crippen LogP contribution in [0.3, 0.4) is 0 Å². The zero-order valence-electron chi connectivity index (χ0n) is 19.5. The largest absolute Gasteiger partial charge is 0.497 e. The maximum absolute atomic E-state index is 13.3. The summed E-state index contributed by atoms with van der Waals surface area (Å²) in [5.41, 5.74) is 2.00. The van der Waals surface area contributed by atoms with Crippen molar-refractivity contribution in [3.8, 4) is 22.1 Å². The first-order valence-corrected chi connectivity index (χ1v) is 12.1. The molecule has 1 aromatic heterocycles. The number of rotatable bonds is 9. The van der Waals surface area contributed by atoms with Crippen molar-refractivity contribution in [1.29, 1.82) is 0 Å². The van der Waals surface area contributed by atoms with E-state index in [-0.39, 0.29) is 12.0 Å². The first kappa shape index (κ1) is 25.2. The lowest BCUT2D eigenvalue weighted by atomic mass is 10.0. The second-order valence-corrected chi connectivity index (χ2v) is 9.10. The number of carbonyl (C=O) groups is 2. The molecule has 0 aliphatic carbocycles. The number of methoxy groups -OCH3 is 2. The van der Waals surface area contributed by atoms with Crippen molar-refractivity contribution in [1.82, 2.24) is 15.5 Å². The van der Waals surface area contributed by atoms with Crippen LogP contribution in [0.4, 0.5) is 5.13 Å². The topological polar surface area (TPSA) is 102 Å². The van der Waals surface area contributed by atoms with Crippen molar-refractivity contribution < 1.29 is 19.1 Å². The summed E-state index contributed by atoms with van der Waals surface area (Å²) in [5, 5.41) is 15.4. The fourth-order valence-corrected chi connectivity index (χ4v) is 4.33. The molecule has 0 spiro atoms. The minimum Gasteiger partial charge on any atom is -0.497 e. The fourth-order valence-electron chi connectivity index (χ4n) is 3.46. The van der Waals surface area contributed by atoms with E-state index in [0.29, 0.717) is 26.7 Å². The summed E-state index contributed by atoms with van der Waals surface area (Å²) in [6.45, 7) is 0. The molecule has 0 saturated carbocycles. The molecule has 0 aliphatic heterocycles. The maximum Gasteiger partial charge on any atom is 0.255 e. The smallest absolute Gasteiger partial charge is 0.255 e. The van der Waals surface area contributed by atoms with Gasteiger partial charge in [0.25, 0.3) is 5.91 Å². The minimum absolute atomic E-state index is 0.278. The van der Waals surface area contributed by atoms with Crippen molar-refractivity contribution in [3.05, 3.63) is 88.9 Å². The Hall–Kier alpha value is -3.95. The van der Waals surface area contributed by atoms with Gasteiger partial charge in [0.05, 0.1) is 19.8 Å². The molecule has 1 heterocycles. The van der Waals surface area contributed by atoms with E-state index in [2.05, 4.69) is 20.8 Å². The van der Waals surface area contributed by atoms with Gasteiger partial charge in [0, 0.05) is 23.1 Å². The molecule has 0 fully saturated rings. The number of aromatic nitrogens is 2. The first-order valence-electron chi connectivity index (χ1n) is 10.9. The molecule has 4 rings (SSSR count). The minimum atomic E-state index is -0.880. The van der Waals surface area contributed by atoms with Crippen LogP contribution in [0, 0.1) is 0 Å². The highest BCUT2D eigenvalue weighted by atomic mass is 35.5. The number of anilines is 1. The number of amides is 2. The van der Waals surface area contributed by atoms with Crippen LogP contribution < -0.4 is 20.1 Å². The van der Waals surface area contributed by atoms with E-state index in [9.17, 15) is 9.59 Å². The third-order valence-corrected chi connectivity index (χ3v) is 6.44. The van der Waals surface area contributed by atoms with Gasteiger partial charge in [0.1, 0.15) is 22.5 Å². The van der Waals surface area contributed by atoms with Crippen LogP contribution in [-0.4, -0.2) is 42.3 Å². The molecule has 2 amide bonds. The Balaban J connectivity index is 1.54. The number of nitrogens with one attached hydrogen (secondary N) is 2. The Bertz CT molecular complexity index is 1350. The average molecular weight is 523 g/mol. The van der Waals surface area contributed by atoms with Crippen molar-refractivity contribution in [3.63, 3.8) is 0 Å². The van der Waals surface area contributed by atoms with E-state index in [1.54, 1.807) is 30.3 Å². The lowest BCUT2D eigenvalue weighted by Gasteiger charge is -2.19. The predicted molar refractivity (Wildman–Crippen MR) is 140 cm³/mol. The van der Waals surface area contributed by atoms with E-state index >= 15 is 0 Å². The van der Waals surface area contributed by atoms with Gasteiger partial charge in [-0.15, -0.1) is 10.2 Å². The molecule has 36 heavy (non-hydrogen) atoms. The second kappa shape index (κ2) is 11.7. The summed E-state index contributed by atoms with van der Waals surface area (Å²) in [7, 11) is 2.99. The van der Waals surface area contributed by atoms with Gasteiger partial charge >= 0.3 is 0 Å². The highest BCUT2D eigenvalue weighted by Crippen LogP contribution is 2.28. The summed E-state index contributed by atoms with van der Waals surface area (Å²) in [6.07, 6.45) is 0.278. The number of nitrogens with zero attached hydrogens (tertiary/aromatic N) is 2. The third kappa shape index (κ3) is 6.18. The summed E-state index contributed by atoms with van der Waals surface area (Å²) in [6, 6.07) is 20.6. The predicted octanol–water partition coefficient (Wildman–Crippen LogP) is 4.86. The van der Waals surface area contributed by atoms with Gasteiger partial charge in [-0.05, 0) is 29.8 Å². The van der Waals surface area contributed by atoms with Gasteiger partial charge in [-0.3, -0.25) is 14.9 Å². The quantitative estimate of drug-likeness (QED) is 0.325. The van der Waals surface area contributed by atoms with Crippen molar-refractivity contribution in [2.24, 2.45) is 0 Å². The molecule has 10 heteroatoms. The Morgan fingerprint density at radius 1 is 0.972 bits per heavy atom. The summed E-state index contributed by atoms with van der Waals surface area (Å²) in [5.74, 6) is 0.0142. The molecule has 0 bridgehead atoms. The molecule has 0 unspecified atom stereocenters. The van der Waals surface area contributed by atoms with Gasteiger partial charge in [-0.2, -0.15) is 0 Å². The highest BCUT2D eigenvalue weighted by molar-refractivity contribution is 7.18. The molecule has 0 aliphatic rings. The molecular weight excluding hydrogens is 500 g/mol. The fraction of sp³-hybridized carbons (Fsp3) is 0.154. The number of ether oxygens (including phenoxy) is 2. The van der Waals surface area contributed by atoms with Crippen LogP contribution in [0.25, 0.3) is 10.6 Å². The Morgan fingerprint density at radius 3 is 2.42 bits per heavy atom. The van der Waals surface area contributed by atoms with Crippen molar-refractivity contribution in [2.45, 2.75) is 12.5 Å². The Morgan fingerprint density at radius 2 is 1.72 bits per heavy atom. The summed E-state index contributed by atoms with van der Waals surface area (Å²) < 4.78 is 10.6. The molecule has 1 atom stereocenters. The molecule has 8 nitrogen and oxygen atoms in total. The SMILES string of the molecule is COc1ccc(C(=O)N[C@@H](Cc2ccccc2)C(=O)Nc2nnc(-c3ccc(Cl)cc3)s2)c(OC)c1. The lowest BCUT2D eigenvalue weighted by Crippen LogP contribution is -2.45. The van der Waals surface area contributed by atoms with Crippen LogP contribution in [0.15, 0.2) is 72.8 Å². The molecule has 0 radical (unpaired) electrons. The molecule has 184 valence electrons. The van der Waals surface area contributed by atoms with Crippen LogP contribution in [0.2, 0.25) is 5.02 Å². The Labute approximate surface area is 217 Å². The number of benzene rings is 3. The van der Waals surface area contributed by atoms with Gasteiger partial charge < -0.3 is 14.8 Å². The molecule has 2 N–H and O–H groups in total. The second-order valence-electron chi connectivity index (χ2n) is 7.69. The number of halogens is 1. The van der Waals surface area contributed by atoms with E-state index < -0.39 is 17.9 Å². The standard InChI is InChI=1S/C26H23ClN4O4S/c1-34-19-12-13-20(22(15-19)35-2)23(32)28-21(14-16-6-4-3-5-7-16)24(33)29-26-31-30-25(36-26)17-8-10-18(27)11-9-17/h3-13,15,21H,14H2,1-2H3,(H,28,32)(H,29,31,33)/t21-/m0/s1. The number of hydrogen-bond donors (Lipinski definition) is 2. The lowest BCUT2D eigenvalue weighted by molar-refractivity contribution is -0.118. The van der Waals surface area contributed by atoms with E-state index in [0.717, 1.165) is 11.1 Å². The summed E-state index contributed by atoms with van der Waals surface area (Å²) in [4.78, 5) is 26.4. The van der Waals surface area contributed by atoms with Crippen LogP contribution in [0.5, 0.6) is 11.5 Å². The molecule has 4 aromatic rings. The van der Waals surface area contributed by atoms with Gasteiger partial charge in [-0.25, -0.2) is 0 Å². The molecule has 3 aromatic carbocycles. The van der Waals surface area contributed by atoms with E-state index in [4.69, 9.17) is 21.1 Å². The third-order valence-electron chi connectivity index (χ3n) is 5.30.